The van der Waals surface area contributed by atoms with Crippen molar-refractivity contribution in [3.63, 3.8) is 0 Å². The number of halogens is 3. The van der Waals surface area contributed by atoms with Gasteiger partial charge in [0, 0.05) is 10.5 Å². The minimum absolute atomic E-state index is 0.275. The van der Waals surface area contributed by atoms with E-state index in [0.717, 1.165) is 0 Å². The van der Waals surface area contributed by atoms with Crippen LogP contribution < -0.4 is 10.1 Å². The molecule has 2 aromatic carbocycles. The maximum atomic E-state index is 13.2. The van der Waals surface area contributed by atoms with Gasteiger partial charge in [0.1, 0.15) is 11.6 Å². The Morgan fingerprint density at radius 3 is 2.86 bits per heavy atom. The molecule has 0 aliphatic rings. The highest BCUT2D eigenvalue weighted by molar-refractivity contribution is 9.10. The van der Waals surface area contributed by atoms with Crippen molar-refractivity contribution < 1.29 is 13.9 Å². The average molecular weight is 373 g/mol. The highest BCUT2D eigenvalue weighted by atomic mass is 79.9. The van der Waals surface area contributed by atoms with E-state index in [0.29, 0.717) is 27.4 Å². The van der Waals surface area contributed by atoms with Gasteiger partial charge < -0.3 is 10.1 Å². The van der Waals surface area contributed by atoms with Crippen LogP contribution in [0.3, 0.4) is 0 Å². The van der Waals surface area contributed by atoms with Gasteiger partial charge in [0.25, 0.3) is 5.91 Å². The molecule has 1 amide bonds. The van der Waals surface area contributed by atoms with Gasteiger partial charge in [0.05, 0.1) is 22.9 Å². The number of carbonyl (C=O) groups is 1. The lowest BCUT2D eigenvalue weighted by atomic mass is 10.2. The first-order valence-corrected chi connectivity index (χ1v) is 7.37. The van der Waals surface area contributed by atoms with E-state index in [1.165, 1.54) is 18.2 Å². The molecule has 1 N–H and O–H groups in total. The fraction of sp³-hybridized carbons (Fsp3) is 0.133. The summed E-state index contributed by atoms with van der Waals surface area (Å²) >= 11 is 9.34. The van der Waals surface area contributed by atoms with Crippen LogP contribution in [0, 0.1) is 5.82 Å². The van der Waals surface area contributed by atoms with Gasteiger partial charge in [-0.1, -0.05) is 17.7 Å². The van der Waals surface area contributed by atoms with Gasteiger partial charge in [-0.05, 0) is 47.1 Å². The smallest absolute Gasteiger partial charge is 0.257 e. The molecule has 0 unspecified atom stereocenters. The van der Waals surface area contributed by atoms with Crippen LogP contribution in [0.25, 0.3) is 0 Å². The first-order valence-electron chi connectivity index (χ1n) is 6.20. The Morgan fingerprint density at radius 1 is 1.38 bits per heavy atom. The minimum atomic E-state index is -0.433. The van der Waals surface area contributed by atoms with Gasteiger partial charge in [-0.25, -0.2) is 4.39 Å². The molecule has 0 spiro atoms. The highest BCUT2D eigenvalue weighted by Crippen LogP contribution is 2.29. The van der Waals surface area contributed by atoms with Crippen LogP contribution in [0.1, 0.15) is 17.3 Å². The Kier molecular flexibility index (Phi) is 5.20. The number of ether oxygens (including phenoxy) is 1. The molecule has 21 heavy (non-hydrogen) atoms. The van der Waals surface area contributed by atoms with Crippen molar-refractivity contribution >= 4 is 39.1 Å². The zero-order valence-electron chi connectivity index (χ0n) is 11.1. The summed E-state index contributed by atoms with van der Waals surface area (Å²) in [5.74, 6) is -0.553. The molecule has 0 fully saturated rings. The van der Waals surface area contributed by atoms with Crippen molar-refractivity contribution in [2.75, 3.05) is 11.9 Å². The zero-order chi connectivity index (χ0) is 15.4. The largest absolute Gasteiger partial charge is 0.492 e. The Hall–Kier alpha value is -1.59. The van der Waals surface area contributed by atoms with Crippen molar-refractivity contribution in [2.45, 2.75) is 6.92 Å². The van der Waals surface area contributed by atoms with Crippen LogP contribution in [0.15, 0.2) is 40.9 Å². The number of nitrogens with one attached hydrogen (secondary N) is 1. The van der Waals surface area contributed by atoms with Crippen LogP contribution >= 0.6 is 27.5 Å². The molecule has 2 rings (SSSR count). The molecule has 0 saturated heterocycles. The summed E-state index contributed by atoms with van der Waals surface area (Å²) in [6, 6.07) is 8.97. The van der Waals surface area contributed by atoms with Crippen molar-refractivity contribution in [2.24, 2.45) is 0 Å². The molecule has 0 bridgehead atoms. The molecule has 6 heteroatoms. The monoisotopic (exact) mass is 371 g/mol. The topological polar surface area (TPSA) is 38.3 Å². The number of benzene rings is 2. The predicted molar refractivity (Wildman–Crippen MR) is 84.7 cm³/mol. The van der Waals surface area contributed by atoms with Gasteiger partial charge in [-0.15, -0.1) is 0 Å². The van der Waals surface area contributed by atoms with Crippen LogP contribution in [0.4, 0.5) is 10.1 Å². The van der Waals surface area contributed by atoms with Crippen LogP contribution in [0.5, 0.6) is 5.75 Å². The summed E-state index contributed by atoms with van der Waals surface area (Å²) in [5, 5.41) is 2.99. The normalized spacial score (nSPS) is 10.3. The molecule has 0 aromatic heterocycles. The third-order valence-corrected chi connectivity index (χ3v) is 3.98. The summed E-state index contributed by atoms with van der Waals surface area (Å²) in [5.41, 5.74) is 0.706. The molecule has 110 valence electrons. The molecular weight excluding hydrogens is 361 g/mol. The summed E-state index contributed by atoms with van der Waals surface area (Å²) in [4.78, 5) is 12.3. The fourth-order valence-electron chi connectivity index (χ4n) is 1.74. The molecule has 0 saturated carbocycles. The van der Waals surface area contributed by atoms with Crippen molar-refractivity contribution in [3.05, 3.63) is 57.3 Å². The zero-order valence-corrected chi connectivity index (χ0v) is 13.5. The van der Waals surface area contributed by atoms with Gasteiger partial charge >= 0.3 is 0 Å². The van der Waals surface area contributed by atoms with Crippen molar-refractivity contribution in [1.82, 2.24) is 0 Å². The van der Waals surface area contributed by atoms with E-state index in [4.69, 9.17) is 16.3 Å². The summed E-state index contributed by atoms with van der Waals surface area (Å²) < 4.78 is 19.2. The molecule has 0 aliphatic carbocycles. The van der Waals surface area contributed by atoms with Gasteiger partial charge in [-0.3, -0.25) is 4.79 Å². The molecule has 0 aliphatic heterocycles. The third kappa shape index (κ3) is 3.74. The average Bonchev–Trinajstić information content (AvgIpc) is 2.45. The Bertz CT molecular complexity index is 679. The summed E-state index contributed by atoms with van der Waals surface area (Å²) in [6.07, 6.45) is 0. The number of carbonyl (C=O) groups excluding carboxylic acids is 1. The second-order valence-corrected chi connectivity index (χ2v) is 5.36. The van der Waals surface area contributed by atoms with Crippen LogP contribution in [-0.2, 0) is 0 Å². The molecular formula is C15H12BrClFNO2. The minimum Gasteiger partial charge on any atom is -0.492 e. The highest BCUT2D eigenvalue weighted by Gasteiger charge is 2.15. The molecule has 3 nitrogen and oxygen atoms in total. The van der Waals surface area contributed by atoms with Crippen molar-refractivity contribution in [1.29, 1.82) is 0 Å². The van der Waals surface area contributed by atoms with Crippen LogP contribution in [0.2, 0.25) is 5.02 Å². The van der Waals surface area contributed by atoms with E-state index >= 15 is 0 Å². The Balaban J connectivity index is 2.29. The first-order chi connectivity index (χ1) is 10.0. The maximum absolute atomic E-state index is 13.2. The Labute approximate surface area is 135 Å². The fourth-order valence-corrected chi connectivity index (χ4v) is 2.32. The Morgan fingerprint density at radius 2 is 2.14 bits per heavy atom. The van der Waals surface area contributed by atoms with Gasteiger partial charge in [0.2, 0.25) is 0 Å². The lowest BCUT2D eigenvalue weighted by Crippen LogP contribution is -2.13. The third-order valence-electron chi connectivity index (χ3n) is 2.69. The predicted octanol–water partition coefficient (Wildman–Crippen LogP) is 4.89. The van der Waals surface area contributed by atoms with E-state index in [9.17, 15) is 9.18 Å². The second kappa shape index (κ2) is 6.91. The quantitative estimate of drug-likeness (QED) is 0.829. The molecule has 0 atom stereocenters. The van der Waals surface area contributed by atoms with E-state index < -0.39 is 11.7 Å². The van der Waals surface area contributed by atoms with Gasteiger partial charge in [0.15, 0.2) is 0 Å². The summed E-state index contributed by atoms with van der Waals surface area (Å²) in [7, 11) is 0. The number of anilines is 1. The van der Waals surface area contributed by atoms with Crippen LogP contribution in [-0.4, -0.2) is 12.5 Å². The van der Waals surface area contributed by atoms with Crippen molar-refractivity contribution in [3.8, 4) is 5.75 Å². The maximum Gasteiger partial charge on any atom is 0.257 e. The van der Waals surface area contributed by atoms with Gasteiger partial charge in [-0.2, -0.15) is 0 Å². The number of rotatable bonds is 4. The molecule has 0 radical (unpaired) electrons. The lowest BCUT2D eigenvalue weighted by molar-refractivity contribution is 0.102. The molecule has 0 heterocycles. The first kappa shape index (κ1) is 15.8. The second-order valence-electron chi connectivity index (χ2n) is 4.13. The van der Waals surface area contributed by atoms with E-state index in [-0.39, 0.29) is 5.75 Å². The molecule has 2 aromatic rings. The number of amides is 1. The number of hydrogen-bond acceptors (Lipinski definition) is 2. The van der Waals surface area contributed by atoms with E-state index in [1.807, 2.05) is 0 Å². The lowest BCUT2D eigenvalue weighted by Gasteiger charge is -2.12. The summed E-state index contributed by atoms with van der Waals surface area (Å²) in [6.45, 7) is 2.14. The standard InChI is InChI=1S/C15H12BrClFNO2/c1-2-21-13-8-9(18)6-7-12(13)19-15(20)10-4-3-5-11(16)14(10)17/h3-8H,2H2,1H3,(H,19,20). The number of hydrogen-bond donors (Lipinski definition) is 1. The van der Waals surface area contributed by atoms with E-state index in [1.54, 1.807) is 25.1 Å². The van der Waals surface area contributed by atoms with E-state index in [2.05, 4.69) is 21.2 Å². The SMILES string of the molecule is CCOc1cc(F)ccc1NC(=O)c1cccc(Br)c1Cl.